The molecule has 0 aliphatic rings. The van der Waals surface area contributed by atoms with Gasteiger partial charge < -0.3 is 15.4 Å². The molecule has 17 heavy (non-hydrogen) atoms. The lowest BCUT2D eigenvalue weighted by Gasteiger charge is -2.12. The number of hydrogen-bond donors (Lipinski definition) is 1. The van der Waals surface area contributed by atoms with Gasteiger partial charge in [0.1, 0.15) is 0 Å². The third kappa shape index (κ3) is 4.15. The molecule has 1 rings (SSSR count). The lowest BCUT2D eigenvalue weighted by molar-refractivity contribution is -0.128. The van der Waals surface area contributed by atoms with E-state index in [-0.39, 0.29) is 5.91 Å². The Bertz CT molecular complexity index is 374. The Balaban J connectivity index is 2.39. The molecular formula is C12H17ClN2O2. The highest BCUT2D eigenvalue weighted by Gasteiger charge is 2.07. The first-order valence-electron chi connectivity index (χ1n) is 5.39. The number of anilines is 1. The smallest absolute Gasteiger partial charge is 0.222 e. The number of carbonyl (C=O) groups is 1. The topological polar surface area (TPSA) is 55.6 Å². The van der Waals surface area contributed by atoms with E-state index in [4.69, 9.17) is 22.1 Å². The van der Waals surface area contributed by atoms with E-state index < -0.39 is 0 Å². The van der Waals surface area contributed by atoms with E-state index in [2.05, 4.69) is 0 Å². The van der Waals surface area contributed by atoms with Gasteiger partial charge in [0.25, 0.3) is 0 Å². The van der Waals surface area contributed by atoms with Crippen molar-refractivity contribution >= 4 is 23.2 Å². The van der Waals surface area contributed by atoms with Crippen LogP contribution in [-0.4, -0.2) is 31.5 Å². The fourth-order valence-electron chi connectivity index (χ4n) is 1.30. The number of ether oxygens (including phenoxy) is 1. The average molecular weight is 257 g/mol. The molecule has 0 aliphatic carbocycles. The Hall–Kier alpha value is -1.42. The van der Waals surface area contributed by atoms with E-state index in [1.54, 1.807) is 37.2 Å². The molecule has 0 bridgehead atoms. The van der Waals surface area contributed by atoms with Crippen LogP contribution in [0.4, 0.5) is 5.69 Å². The fraction of sp³-hybridized carbons (Fsp3) is 0.417. The van der Waals surface area contributed by atoms with Crippen molar-refractivity contribution in [2.45, 2.75) is 12.8 Å². The number of hydrogen-bond acceptors (Lipinski definition) is 3. The summed E-state index contributed by atoms with van der Waals surface area (Å²) in [5.74, 6) is 0.576. The van der Waals surface area contributed by atoms with Crippen LogP contribution in [0.2, 0.25) is 5.02 Å². The number of nitrogens with two attached hydrogens (primary N) is 1. The summed E-state index contributed by atoms with van der Waals surface area (Å²) in [6.07, 6.45) is 1.10. The maximum Gasteiger partial charge on any atom is 0.222 e. The maximum atomic E-state index is 11.3. The van der Waals surface area contributed by atoms with Crippen LogP contribution in [0.25, 0.3) is 0 Å². The third-order valence-electron chi connectivity index (χ3n) is 2.28. The predicted octanol–water partition coefficient (Wildman–Crippen LogP) is 2.17. The lowest BCUT2D eigenvalue weighted by Crippen LogP contribution is -2.21. The lowest BCUT2D eigenvalue weighted by atomic mass is 10.3. The molecule has 1 aromatic carbocycles. The van der Waals surface area contributed by atoms with Crippen LogP contribution in [-0.2, 0) is 4.79 Å². The first-order chi connectivity index (χ1) is 8.02. The first kappa shape index (κ1) is 13.6. The van der Waals surface area contributed by atoms with Crippen LogP contribution < -0.4 is 10.5 Å². The van der Waals surface area contributed by atoms with E-state index in [0.717, 1.165) is 0 Å². The van der Waals surface area contributed by atoms with Gasteiger partial charge in [0.15, 0.2) is 5.75 Å². The van der Waals surface area contributed by atoms with E-state index in [1.807, 2.05) is 0 Å². The van der Waals surface area contributed by atoms with Gasteiger partial charge in [0.2, 0.25) is 5.91 Å². The van der Waals surface area contributed by atoms with Gasteiger partial charge >= 0.3 is 0 Å². The van der Waals surface area contributed by atoms with E-state index in [0.29, 0.717) is 35.9 Å². The highest BCUT2D eigenvalue weighted by molar-refractivity contribution is 6.32. The highest BCUT2D eigenvalue weighted by Crippen LogP contribution is 2.30. The number of nitrogens with zero attached hydrogens (tertiary/aromatic N) is 1. The molecule has 94 valence electrons. The molecule has 0 unspecified atom stereocenters. The van der Waals surface area contributed by atoms with Gasteiger partial charge in [-0.3, -0.25) is 4.79 Å². The van der Waals surface area contributed by atoms with E-state index in [1.165, 1.54) is 0 Å². The molecule has 5 heteroatoms. The summed E-state index contributed by atoms with van der Waals surface area (Å²) in [6.45, 7) is 0.424. The average Bonchev–Trinajstić information content (AvgIpc) is 2.27. The largest absolute Gasteiger partial charge is 0.490 e. The minimum Gasteiger partial charge on any atom is -0.490 e. The number of carbonyl (C=O) groups excluding carboxylic acids is 1. The van der Waals surface area contributed by atoms with Gasteiger partial charge in [0.05, 0.1) is 17.3 Å². The molecule has 0 aliphatic heterocycles. The molecular weight excluding hydrogens is 240 g/mol. The summed E-state index contributed by atoms with van der Waals surface area (Å²) in [4.78, 5) is 12.9. The van der Waals surface area contributed by atoms with Crippen molar-refractivity contribution in [2.75, 3.05) is 26.4 Å². The highest BCUT2D eigenvalue weighted by atomic mass is 35.5. The second kappa shape index (κ2) is 6.35. The molecule has 0 saturated carbocycles. The van der Waals surface area contributed by atoms with Crippen molar-refractivity contribution in [3.05, 3.63) is 23.2 Å². The molecule has 4 nitrogen and oxygen atoms in total. The van der Waals surface area contributed by atoms with Crippen LogP contribution >= 0.6 is 11.6 Å². The van der Waals surface area contributed by atoms with Crippen molar-refractivity contribution in [2.24, 2.45) is 0 Å². The summed E-state index contributed by atoms with van der Waals surface area (Å²) < 4.78 is 5.47. The standard InChI is InChI=1S/C12H17ClN2O2/c1-15(2)11(16)7-4-8-17-12-9(13)5-3-6-10(12)14/h3,5-6H,4,7-8,14H2,1-2H3. The maximum absolute atomic E-state index is 11.3. The Kier molecular flexibility index (Phi) is 5.10. The van der Waals surface area contributed by atoms with Gasteiger partial charge in [-0.15, -0.1) is 0 Å². The number of rotatable bonds is 5. The van der Waals surface area contributed by atoms with Gasteiger partial charge in [-0.1, -0.05) is 17.7 Å². The summed E-state index contributed by atoms with van der Waals surface area (Å²) >= 11 is 5.94. The Morgan fingerprint density at radius 2 is 2.18 bits per heavy atom. The van der Waals surface area contributed by atoms with Crippen molar-refractivity contribution < 1.29 is 9.53 Å². The second-order valence-corrected chi connectivity index (χ2v) is 4.31. The minimum absolute atomic E-state index is 0.0840. The van der Waals surface area contributed by atoms with Crippen molar-refractivity contribution in [1.82, 2.24) is 4.90 Å². The van der Waals surface area contributed by atoms with Crippen LogP contribution in [0.1, 0.15) is 12.8 Å². The number of amides is 1. The molecule has 0 spiro atoms. The first-order valence-corrected chi connectivity index (χ1v) is 5.77. The number of halogens is 1. The van der Waals surface area contributed by atoms with Crippen molar-refractivity contribution in [1.29, 1.82) is 0 Å². The quantitative estimate of drug-likeness (QED) is 0.649. The summed E-state index contributed by atoms with van der Waals surface area (Å²) in [7, 11) is 3.46. The van der Waals surface area contributed by atoms with Crippen LogP contribution in [0, 0.1) is 0 Å². The number of para-hydroxylation sites is 1. The van der Waals surface area contributed by atoms with Crippen LogP contribution in [0.5, 0.6) is 5.75 Å². The Morgan fingerprint density at radius 1 is 1.47 bits per heavy atom. The summed E-state index contributed by atoms with van der Waals surface area (Å²) in [6, 6.07) is 5.21. The van der Waals surface area contributed by atoms with Gasteiger partial charge in [-0.05, 0) is 18.6 Å². The number of benzene rings is 1. The second-order valence-electron chi connectivity index (χ2n) is 3.90. The predicted molar refractivity (Wildman–Crippen MR) is 69.3 cm³/mol. The molecule has 0 heterocycles. The minimum atomic E-state index is 0.0840. The SMILES string of the molecule is CN(C)C(=O)CCCOc1c(N)cccc1Cl. The van der Waals surface area contributed by atoms with Crippen LogP contribution in [0.15, 0.2) is 18.2 Å². The molecule has 0 atom stereocenters. The zero-order valence-corrected chi connectivity index (χ0v) is 10.8. The summed E-state index contributed by atoms with van der Waals surface area (Å²) in [5, 5.41) is 0.490. The van der Waals surface area contributed by atoms with Crippen molar-refractivity contribution in [3.8, 4) is 5.75 Å². The van der Waals surface area contributed by atoms with Gasteiger partial charge in [0, 0.05) is 20.5 Å². The molecule has 1 amide bonds. The monoisotopic (exact) mass is 256 g/mol. The van der Waals surface area contributed by atoms with E-state index >= 15 is 0 Å². The van der Waals surface area contributed by atoms with Gasteiger partial charge in [-0.2, -0.15) is 0 Å². The fourth-order valence-corrected chi connectivity index (χ4v) is 1.54. The zero-order valence-electron chi connectivity index (χ0n) is 10.1. The summed E-state index contributed by atoms with van der Waals surface area (Å²) in [5.41, 5.74) is 6.24. The zero-order chi connectivity index (χ0) is 12.8. The van der Waals surface area contributed by atoms with Crippen LogP contribution in [0.3, 0.4) is 0 Å². The number of nitrogen functional groups attached to an aromatic ring is 1. The Morgan fingerprint density at radius 3 is 2.76 bits per heavy atom. The Labute approximate surface area is 106 Å². The molecule has 1 aromatic rings. The molecule has 0 radical (unpaired) electrons. The molecule has 0 aromatic heterocycles. The van der Waals surface area contributed by atoms with E-state index in [9.17, 15) is 4.79 Å². The van der Waals surface area contributed by atoms with Gasteiger partial charge in [-0.25, -0.2) is 0 Å². The molecule has 2 N–H and O–H groups in total. The van der Waals surface area contributed by atoms with Crippen molar-refractivity contribution in [3.63, 3.8) is 0 Å². The molecule has 0 fully saturated rings. The molecule has 0 saturated heterocycles. The normalized spacial score (nSPS) is 10.1. The third-order valence-corrected chi connectivity index (χ3v) is 2.58.